The molecule has 1 heterocycles. The van der Waals surface area contributed by atoms with Gasteiger partial charge in [0.25, 0.3) is 0 Å². The summed E-state index contributed by atoms with van der Waals surface area (Å²) in [5.41, 5.74) is 6.19. The summed E-state index contributed by atoms with van der Waals surface area (Å²) in [7, 11) is 0. The van der Waals surface area contributed by atoms with Gasteiger partial charge in [-0.2, -0.15) is 4.98 Å². The van der Waals surface area contributed by atoms with Crippen molar-refractivity contribution in [2.45, 2.75) is 6.42 Å². The second-order valence-electron chi connectivity index (χ2n) is 4.04. The van der Waals surface area contributed by atoms with Crippen LogP contribution in [-0.2, 0) is 6.42 Å². The molecular weight excluding hydrogens is 262 g/mol. The molecular formula is C13H13N3O4. The van der Waals surface area contributed by atoms with Gasteiger partial charge in [-0.05, 0) is 30.2 Å². The number of hydrogen-bond donors (Lipinski definition) is 2. The van der Waals surface area contributed by atoms with Gasteiger partial charge in [-0.3, -0.25) is 10.1 Å². The SMILES string of the molecule is Nc1ccc([N+](=O)[O-])c(Oc2ccc(CCO)cc2)n1. The summed E-state index contributed by atoms with van der Waals surface area (Å²) in [4.78, 5) is 14.1. The zero-order chi connectivity index (χ0) is 14.5. The third-order valence-corrected chi connectivity index (χ3v) is 2.60. The second-order valence-corrected chi connectivity index (χ2v) is 4.04. The molecule has 0 radical (unpaired) electrons. The Labute approximate surface area is 114 Å². The minimum Gasteiger partial charge on any atom is -0.434 e. The molecule has 7 heteroatoms. The predicted octanol–water partition coefficient (Wildman–Crippen LogP) is 1.90. The van der Waals surface area contributed by atoms with Crippen LogP contribution >= 0.6 is 0 Å². The molecule has 20 heavy (non-hydrogen) atoms. The van der Waals surface area contributed by atoms with Crippen LogP contribution in [0.4, 0.5) is 11.5 Å². The molecule has 0 bridgehead atoms. The third kappa shape index (κ3) is 3.21. The molecule has 0 aliphatic carbocycles. The summed E-state index contributed by atoms with van der Waals surface area (Å²) in [5, 5.41) is 19.7. The zero-order valence-corrected chi connectivity index (χ0v) is 10.5. The van der Waals surface area contributed by atoms with Crippen molar-refractivity contribution in [1.82, 2.24) is 4.98 Å². The fraction of sp³-hybridized carbons (Fsp3) is 0.154. The van der Waals surface area contributed by atoms with Crippen LogP contribution < -0.4 is 10.5 Å². The largest absolute Gasteiger partial charge is 0.434 e. The molecule has 0 saturated heterocycles. The Morgan fingerprint density at radius 1 is 1.25 bits per heavy atom. The molecule has 0 fully saturated rings. The average Bonchev–Trinajstić information content (AvgIpc) is 2.41. The number of aromatic nitrogens is 1. The van der Waals surface area contributed by atoms with E-state index < -0.39 is 4.92 Å². The molecule has 3 N–H and O–H groups in total. The van der Waals surface area contributed by atoms with Crippen LogP contribution in [0.15, 0.2) is 36.4 Å². The summed E-state index contributed by atoms with van der Waals surface area (Å²) < 4.78 is 5.39. The lowest BCUT2D eigenvalue weighted by Crippen LogP contribution is -1.99. The summed E-state index contributed by atoms with van der Waals surface area (Å²) >= 11 is 0. The number of nitrogens with two attached hydrogens (primary N) is 1. The van der Waals surface area contributed by atoms with Crippen LogP contribution in [0.1, 0.15) is 5.56 Å². The van der Waals surface area contributed by atoms with E-state index in [1.54, 1.807) is 24.3 Å². The van der Waals surface area contributed by atoms with Gasteiger partial charge in [-0.25, -0.2) is 0 Å². The normalized spacial score (nSPS) is 10.2. The number of benzene rings is 1. The molecule has 0 aliphatic rings. The average molecular weight is 275 g/mol. The standard InChI is InChI=1S/C13H13N3O4/c14-12-6-5-11(16(18)19)13(15-12)20-10-3-1-9(2-4-10)7-8-17/h1-6,17H,7-8H2,(H2,14,15). The van der Waals surface area contributed by atoms with Crippen molar-refractivity contribution in [3.63, 3.8) is 0 Å². The van der Waals surface area contributed by atoms with Crippen molar-refractivity contribution in [3.05, 3.63) is 52.1 Å². The maximum Gasteiger partial charge on any atom is 0.331 e. The van der Waals surface area contributed by atoms with Crippen molar-refractivity contribution < 1.29 is 14.8 Å². The first-order chi connectivity index (χ1) is 9.60. The quantitative estimate of drug-likeness (QED) is 0.636. The Hall–Kier alpha value is -2.67. The van der Waals surface area contributed by atoms with Gasteiger partial charge in [0.2, 0.25) is 0 Å². The molecule has 0 spiro atoms. The van der Waals surface area contributed by atoms with Crippen molar-refractivity contribution >= 4 is 11.5 Å². The molecule has 7 nitrogen and oxygen atoms in total. The predicted molar refractivity (Wildman–Crippen MR) is 72.6 cm³/mol. The van der Waals surface area contributed by atoms with E-state index >= 15 is 0 Å². The summed E-state index contributed by atoms with van der Waals surface area (Å²) in [6.45, 7) is 0.0580. The molecule has 104 valence electrons. The number of hydrogen-bond acceptors (Lipinski definition) is 6. The van der Waals surface area contributed by atoms with Crippen molar-refractivity contribution in [3.8, 4) is 11.6 Å². The first kappa shape index (κ1) is 13.8. The monoisotopic (exact) mass is 275 g/mol. The summed E-state index contributed by atoms with van der Waals surface area (Å²) in [5.74, 6) is 0.403. The number of nitrogens with zero attached hydrogens (tertiary/aromatic N) is 2. The minimum atomic E-state index is -0.581. The number of nitro groups is 1. The number of aliphatic hydroxyl groups is 1. The van der Waals surface area contributed by atoms with E-state index in [0.29, 0.717) is 12.2 Å². The topological polar surface area (TPSA) is 112 Å². The lowest BCUT2D eigenvalue weighted by molar-refractivity contribution is -0.386. The number of nitrogen functional groups attached to an aromatic ring is 1. The Morgan fingerprint density at radius 3 is 2.55 bits per heavy atom. The van der Waals surface area contributed by atoms with Crippen molar-refractivity contribution in [2.75, 3.05) is 12.3 Å². The van der Waals surface area contributed by atoms with Crippen LogP contribution in [0.5, 0.6) is 11.6 Å². The molecule has 1 aromatic heterocycles. The van der Waals surface area contributed by atoms with Crippen LogP contribution in [-0.4, -0.2) is 21.6 Å². The molecule has 2 aromatic rings. The van der Waals surface area contributed by atoms with E-state index in [1.807, 2.05) is 0 Å². The highest BCUT2D eigenvalue weighted by Crippen LogP contribution is 2.30. The first-order valence-electron chi connectivity index (χ1n) is 5.88. The maximum atomic E-state index is 10.9. The number of pyridine rings is 1. The van der Waals surface area contributed by atoms with E-state index in [0.717, 1.165) is 5.56 Å². The fourth-order valence-corrected chi connectivity index (χ4v) is 1.63. The van der Waals surface area contributed by atoms with E-state index in [4.69, 9.17) is 15.6 Å². The van der Waals surface area contributed by atoms with Gasteiger partial charge < -0.3 is 15.6 Å². The van der Waals surface area contributed by atoms with Crippen LogP contribution in [0.25, 0.3) is 0 Å². The maximum absolute atomic E-state index is 10.9. The molecule has 0 unspecified atom stereocenters. The number of rotatable bonds is 5. The van der Waals surface area contributed by atoms with Gasteiger partial charge in [0, 0.05) is 12.7 Å². The zero-order valence-electron chi connectivity index (χ0n) is 10.5. The Bertz CT molecular complexity index is 614. The minimum absolute atomic E-state index is 0.0580. The van der Waals surface area contributed by atoms with Crippen LogP contribution in [0.3, 0.4) is 0 Å². The molecule has 2 rings (SSSR count). The number of aliphatic hydroxyl groups excluding tert-OH is 1. The lowest BCUT2D eigenvalue weighted by atomic mass is 10.1. The highest BCUT2D eigenvalue weighted by molar-refractivity contribution is 5.48. The first-order valence-corrected chi connectivity index (χ1v) is 5.88. The van der Waals surface area contributed by atoms with Gasteiger partial charge in [0.1, 0.15) is 11.6 Å². The Morgan fingerprint density at radius 2 is 1.95 bits per heavy atom. The molecule has 0 saturated carbocycles. The Balaban J connectivity index is 2.25. The number of ether oxygens (including phenoxy) is 1. The van der Waals surface area contributed by atoms with E-state index in [1.165, 1.54) is 12.1 Å². The fourth-order valence-electron chi connectivity index (χ4n) is 1.63. The van der Waals surface area contributed by atoms with Crippen LogP contribution in [0, 0.1) is 10.1 Å². The third-order valence-electron chi connectivity index (χ3n) is 2.60. The highest BCUT2D eigenvalue weighted by atomic mass is 16.6. The van der Waals surface area contributed by atoms with Crippen molar-refractivity contribution in [2.24, 2.45) is 0 Å². The van der Waals surface area contributed by atoms with Crippen molar-refractivity contribution in [1.29, 1.82) is 0 Å². The van der Waals surface area contributed by atoms with Gasteiger partial charge in [-0.1, -0.05) is 12.1 Å². The van der Waals surface area contributed by atoms with E-state index in [9.17, 15) is 10.1 Å². The molecule has 0 amide bonds. The van der Waals surface area contributed by atoms with Gasteiger partial charge in [0.05, 0.1) is 4.92 Å². The summed E-state index contributed by atoms with van der Waals surface area (Å²) in [6.07, 6.45) is 0.539. The lowest BCUT2D eigenvalue weighted by Gasteiger charge is -2.06. The van der Waals surface area contributed by atoms with E-state index in [-0.39, 0.29) is 24.0 Å². The highest BCUT2D eigenvalue weighted by Gasteiger charge is 2.17. The molecule has 0 atom stereocenters. The van der Waals surface area contributed by atoms with Gasteiger partial charge >= 0.3 is 11.6 Å². The second kappa shape index (κ2) is 5.98. The van der Waals surface area contributed by atoms with Gasteiger partial charge in [-0.15, -0.1) is 0 Å². The van der Waals surface area contributed by atoms with Gasteiger partial charge in [0.15, 0.2) is 0 Å². The molecule has 1 aromatic carbocycles. The van der Waals surface area contributed by atoms with E-state index in [2.05, 4.69) is 4.98 Å². The number of anilines is 1. The van der Waals surface area contributed by atoms with Crippen LogP contribution in [0.2, 0.25) is 0 Å². The Kier molecular flexibility index (Phi) is 4.11. The summed E-state index contributed by atoms with van der Waals surface area (Å²) in [6, 6.07) is 9.43. The molecule has 0 aliphatic heterocycles. The smallest absolute Gasteiger partial charge is 0.331 e.